The Labute approximate surface area is 148 Å². The first-order valence-electron chi connectivity index (χ1n) is 7.50. The lowest BCUT2D eigenvalue weighted by atomic mass is 10.2. The minimum absolute atomic E-state index is 0.0679. The molecule has 1 fully saturated rings. The molecule has 5 nitrogen and oxygen atoms in total. The largest absolute Gasteiger partial charge is 0.379 e. The number of hydrogen-bond donors (Lipinski definition) is 1. The van der Waals surface area contributed by atoms with E-state index in [1.54, 1.807) is 19.9 Å². The summed E-state index contributed by atoms with van der Waals surface area (Å²) in [7, 11) is -3.72. The number of morpholine rings is 1. The van der Waals surface area contributed by atoms with Crippen LogP contribution in [-0.4, -0.2) is 52.2 Å². The van der Waals surface area contributed by atoms with E-state index in [-0.39, 0.29) is 16.0 Å². The van der Waals surface area contributed by atoms with Gasteiger partial charge in [-0.25, -0.2) is 13.1 Å². The standard InChI is InChI=1S/C15H22Cl2N2O3S/c1-10-8-13(16)12(3)15(14(10)17)23(20,21)18-9-11(2)19-4-6-22-7-5-19/h8,11,18H,4-7,9H2,1-3H3. The molecule has 0 amide bonds. The van der Waals surface area contributed by atoms with Crippen LogP contribution in [0.3, 0.4) is 0 Å². The maximum absolute atomic E-state index is 12.7. The summed E-state index contributed by atoms with van der Waals surface area (Å²) in [5.41, 5.74) is 1.11. The van der Waals surface area contributed by atoms with Crippen molar-refractivity contribution in [1.82, 2.24) is 9.62 Å². The molecule has 0 saturated carbocycles. The number of benzene rings is 1. The summed E-state index contributed by atoms with van der Waals surface area (Å²) in [6.07, 6.45) is 0. The monoisotopic (exact) mass is 380 g/mol. The van der Waals surface area contributed by atoms with E-state index in [2.05, 4.69) is 9.62 Å². The Morgan fingerprint density at radius 1 is 1.30 bits per heavy atom. The van der Waals surface area contributed by atoms with Gasteiger partial charge in [0.2, 0.25) is 10.0 Å². The molecule has 0 aromatic heterocycles. The molecule has 23 heavy (non-hydrogen) atoms. The van der Waals surface area contributed by atoms with E-state index in [9.17, 15) is 8.42 Å². The highest BCUT2D eigenvalue weighted by Crippen LogP contribution is 2.33. The van der Waals surface area contributed by atoms with Crippen LogP contribution in [0.4, 0.5) is 0 Å². The molecule has 0 spiro atoms. The zero-order chi connectivity index (χ0) is 17.2. The molecule has 1 aliphatic heterocycles. The number of sulfonamides is 1. The van der Waals surface area contributed by atoms with Crippen LogP contribution in [0.1, 0.15) is 18.1 Å². The summed E-state index contributed by atoms with van der Waals surface area (Å²) in [4.78, 5) is 2.27. The smallest absolute Gasteiger partial charge is 0.242 e. The van der Waals surface area contributed by atoms with E-state index < -0.39 is 10.0 Å². The first kappa shape index (κ1) is 19.0. The predicted molar refractivity (Wildman–Crippen MR) is 93.0 cm³/mol. The number of halogens is 2. The van der Waals surface area contributed by atoms with Gasteiger partial charge in [0, 0.05) is 30.7 Å². The lowest BCUT2D eigenvalue weighted by molar-refractivity contribution is 0.0213. The third-order valence-corrected chi connectivity index (χ3v) is 6.68. The van der Waals surface area contributed by atoms with Crippen LogP contribution in [-0.2, 0) is 14.8 Å². The van der Waals surface area contributed by atoms with Gasteiger partial charge in [0.05, 0.1) is 18.2 Å². The van der Waals surface area contributed by atoms with Gasteiger partial charge >= 0.3 is 0 Å². The van der Waals surface area contributed by atoms with Crippen LogP contribution in [0.2, 0.25) is 10.0 Å². The van der Waals surface area contributed by atoms with E-state index in [1.807, 2.05) is 6.92 Å². The first-order chi connectivity index (χ1) is 10.7. The molecule has 1 aliphatic rings. The molecule has 8 heteroatoms. The molecule has 1 N–H and O–H groups in total. The van der Waals surface area contributed by atoms with Gasteiger partial charge in [0.25, 0.3) is 0 Å². The normalized spacial score (nSPS) is 18.1. The second-order valence-corrected chi connectivity index (χ2v) is 8.28. The second kappa shape index (κ2) is 7.68. The minimum Gasteiger partial charge on any atom is -0.379 e. The van der Waals surface area contributed by atoms with Crippen molar-refractivity contribution in [2.24, 2.45) is 0 Å². The molecule has 2 rings (SSSR count). The number of hydrogen-bond acceptors (Lipinski definition) is 4. The lowest BCUT2D eigenvalue weighted by Crippen LogP contribution is -2.47. The van der Waals surface area contributed by atoms with Crippen LogP contribution in [0, 0.1) is 13.8 Å². The average Bonchev–Trinajstić information content (AvgIpc) is 2.51. The Kier molecular flexibility index (Phi) is 6.33. The maximum atomic E-state index is 12.7. The lowest BCUT2D eigenvalue weighted by Gasteiger charge is -2.32. The quantitative estimate of drug-likeness (QED) is 0.852. The fourth-order valence-corrected chi connectivity index (χ4v) is 4.91. The fraction of sp³-hybridized carbons (Fsp3) is 0.600. The Hall–Kier alpha value is -0.370. The fourth-order valence-electron chi connectivity index (χ4n) is 2.58. The van der Waals surface area contributed by atoms with E-state index in [0.29, 0.717) is 35.9 Å². The van der Waals surface area contributed by atoms with Gasteiger partial charge in [-0.3, -0.25) is 4.90 Å². The molecule has 1 atom stereocenters. The van der Waals surface area contributed by atoms with Crippen LogP contribution in [0.5, 0.6) is 0 Å². The molecule has 0 aliphatic carbocycles. The number of nitrogens with one attached hydrogen (secondary N) is 1. The molecule has 1 saturated heterocycles. The van der Waals surface area contributed by atoms with Gasteiger partial charge in [-0.2, -0.15) is 0 Å². The van der Waals surface area contributed by atoms with Gasteiger partial charge in [-0.15, -0.1) is 0 Å². The molecular formula is C15H22Cl2N2O3S. The van der Waals surface area contributed by atoms with Crippen molar-refractivity contribution >= 4 is 33.2 Å². The highest BCUT2D eigenvalue weighted by molar-refractivity contribution is 7.89. The summed E-state index contributed by atoms with van der Waals surface area (Å²) < 4.78 is 33.3. The number of aryl methyl sites for hydroxylation is 1. The van der Waals surface area contributed by atoms with Crippen molar-refractivity contribution in [3.63, 3.8) is 0 Å². The second-order valence-electron chi connectivity index (χ2n) is 5.79. The summed E-state index contributed by atoms with van der Waals surface area (Å²) in [6, 6.07) is 1.75. The maximum Gasteiger partial charge on any atom is 0.242 e. The molecule has 0 radical (unpaired) electrons. The Morgan fingerprint density at radius 2 is 1.91 bits per heavy atom. The molecule has 1 aromatic rings. The van der Waals surface area contributed by atoms with Crippen LogP contribution in [0.25, 0.3) is 0 Å². The summed E-state index contributed by atoms with van der Waals surface area (Å²) in [5, 5.41) is 0.618. The van der Waals surface area contributed by atoms with Gasteiger partial charge in [0.1, 0.15) is 4.90 Å². The SMILES string of the molecule is Cc1cc(Cl)c(C)c(S(=O)(=O)NCC(C)N2CCOCC2)c1Cl. The zero-order valence-corrected chi connectivity index (χ0v) is 15.9. The third kappa shape index (κ3) is 4.38. The first-order valence-corrected chi connectivity index (χ1v) is 9.74. The summed E-state index contributed by atoms with van der Waals surface area (Å²) in [5.74, 6) is 0. The van der Waals surface area contributed by atoms with Crippen molar-refractivity contribution in [3.8, 4) is 0 Å². The zero-order valence-electron chi connectivity index (χ0n) is 13.5. The molecule has 0 bridgehead atoms. The minimum atomic E-state index is -3.72. The van der Waals surface area contributed by atoms with Crippen molar-refractivity contribution in [2.75, 3.05) is 32.8 Å². The Balaban J connectivity index is 2.16. The molecule has 1 aromatic carbocycles. The Morgan fingerprint density at radius 3 is 2.52 bits per heavy atom. The van der Waals surface area contributed by atoms with Gasteiger partial charge in [0.15, 0.2) is 0 Å². The van der Waals surface area contributed by atoms with E-state index >= 15 is 0 Å². The van der Waals surface area contributed by atoms with Crippen molar-refractivity contribution < 1.29 is 13.2 Å². The Bertz CT molecular complexity index is 648. The van der Waals surface area contributed by atoms with Gasteiger partial charge in [-0.05, 0) is 38.0 Å². The highest BCUT2D eigenvalue weighted by atomic mass is 35.5. The van der Waals surface area contributed by atoms with Gasteiger partial charge < -0.3 is 4.74 Å². The van der Waals surface area contributed by atoms with Crippen molar-refractivity contribution in [3.05, 3.63) is 27.2 Å². The third-order valence-electron chi connectivity index (χ3n) is 4.09. The molecule has 1 heterocycles. The topological polar surface area (TPSA) is 58.6 Å². The van der Waals surface area contributed by atoms with Crippen LogP contribution >= 0.6 is 23.2 Å². The number of nitrogens with zero attached hydrogens (tertiary/aromatic N) is 1. The van der Waals surface area contributed by atoms with Crippen LogP contribution in [0.15, 0.2) is 11.0 Å². The van der Waals surface area contributed by atoms with E-state index in [4.69, 9.17) is 27.9 Å². The number of rotatable bonds is 5. The molecule has 1 unspecified atom stereocenters. The van der Waals surface area contributed by atoms with Crippen molar-refractivity contribution in [1.29, 1.82) is 0 Å². The average molecular weight is 381 g/mol. The highest BCUT2D eigenvalue weighted by Gasteiger charge is 2.25. The van der Waals surface area contributed by atoms with E-state index in [0.717, 1.165) is 13.1 Å². The molecule has 130 valence electrons. The van der Waals surface area contributed by atoms with Crippen LogP contribution < -0.4 is 4.72 Å². The summed E-state index contributed by atoms with van der Waals surface area (Å²) >= 11 is 12.3. The van der Waals surface area contributed by atoms with Crippen molar-refractivity contribution in [2.45, 2.75) is 31.7 Å². The number of ether oxygens (including phenoxy) is 1. The molecular weight excluding hydrogens is 359 g/mol. The van der Waals surface area contributed by atoms with E-state index in [1.165, 1.54) is 0 Å². The van der Waals surface area contributed by atoms with Gasteiger partial charge in [-0.1, -0.05) is 23.2 Å². The summed E-state index contributed by atoms with van der Waals surface area (Å²) in [6.45, 7) is 8.66. The predicted octanol–water partition coefficient (Wildman–Crippen LogP) is 2.61.